The van der Waals surface area contributed by atoms with E-state index >= 15 is 0 Å². The summed E-state index contributed by atoms with van der Waals surface area (Å²) in [6.45, 7) is 3.85. The number of benzene rings is 1. The molecule has 0 aliphatic carbocycles. The molecule has 1 saturated heterocycles. The minimum atomic E-state index is -0.0640. The third-order valence-electron chi connectivity index (χ3n) is 4.06. The maximum Gasteiger partial charge on any atom is 0.234 e. The lowest BCUT2D eigenvalue weighted by Gasteiger charge is -2.26. The van der Waals surface area contributed by atoms with E-state index in [4.69, 9.17) is 16.3 Å². The quantitative estimate of drug-likeness (QED) is 0.861. The van der Waals surface area contributed by atoms with Gasteiger partial charge in [-0.3, -0.25) is 14.4 Å². The predicted molar refractivity (Wildman–Crippen MR) is 92.1 cm³/mol. The molecule has 3 rings (SSSR count). The van der Waals surface area contributed by atoms with Crippen LogP contribution >= 0.6 is 11.6 Å². The van der Waals surface area contributed by atoms with Gasteiger partial charge in [0.2, 0.25) is 5.91 Å². The molecule has 0 saturated carbocycles. The highest BCUT2D eigenvalue weighted by Crippen LogP contribution is 2.19. The van der Waals surface area contributed by atoms with Crippen molar-refractivity contribution < 1.29 is 9.53 Å². The SMILES string of the molecule is O=C(CN1CCOCC1)NC[C@@H](c1ccc(Cl)cc1)n1cccn1. The zero-order chi connectivity index (χ0) is 16.8. The van der Waals surface area contributed by atoms with Gasteiger partial charge in [0.15, 0.2) is 0 Å². The minimum absolute atomic E-state index is 0.0167. The molecule has 128 valence electrons. The molecule has 1 fully saturated rings. The molecular weight excluding hydrogens is 328 g/mol. The van der Waals surface area contributed by atoms with Crippen LogP contribution in [0.1, 0.15) is 11.6 Å². The van der Waals surface area contributed by atoms with E-state index in [1.165, 1.54) is 0 Å². The van der Waals surface area contributed by atoms with Crippen molar-refractivity contribution in [2.75, 3.05) is 39.4 Å². The molecule has 24 heavy (non-hydrogen) atoms. The summed E-state index contributed by atoms with van der Waals surface area (Å²) in [6.07, 6.45) is 3.63. The van der Waals surface area contributed by atoms with Crippen molar-refractivity contribution in [2.45, 2.75) is 6.04 Å². The fourth-order valence-corrected chi connectivity index (χ4v) is 2.87. The molecular formula is C17H21ClN4O2. The van der Waals surface area contributed by atoms with Crippen LogP contribution < -0.4 is 5.32 Å². The van der Waals surface area contributed by atoms with Crippen molar-refractivity contribution in [1.82, 2.24) is 20.0 Å². The number of ether oxygens (including phenoxy) is 1. The number of nitrogens with zero attached hydrogens (tertiary/aromatic N) is 3. The Morgan fingerprint density at radius 1 is 1.29 bits per heavy atom. The van der Waals surface area contributed by atoms with Crippen molar-refractivity contribution in [3.63, 3.8) is 0 Å². The van der Waals surface area contributed by atoms with Gasteiger partial charge < -0.3 is 10.1 Å². The Morgan fingerprint density at radius 3 is 2.71 bits per heavy atom. The van der Waals surface area contributed by atoms with Crippen molar-refractivity contribution in [2.24, 2.45) is 0 Å². The molecule has 0 radical (unpaired) electrons. The first-order valence-corrected chi connectivity index (χ1v) is 8.41. The summed E-state index contributed by atoms with van der Waals surface area (Å²) < 4.78 is 7.15. The standard InChI is InChI=1S/C17H21ClN4O2/c18-15-4-2-14(3-5-15)16(22-7-1-6-20-22)12-19-17(23)13-21-8-10-24-11-9-21/h1-7,16H,8-13H2,(H,19,23)/t16-/m0/s1. The summed E-state index contributed by atoms with van der Waals surface area (Å²) >= 11 is 5.97. The first-order chi connectivity index (χ1) is 11.7. The van der Waals surface area contributed by atoms with Gasteiger partial charge in [0.05, 0.1) is 25.8 Å². The summed E-state index contributed by atoms with van der Waals surface area (Å²) in [5.41, 5.74) is 1.05. The second kappa shape index (κ2) is 8.28. The van der Waals surface area contributed by atoms with Gasteiger partial charge in [0.1, 0.15) is 0 Å². The van der Waals surface area contributed by atoms with Crippen LogP contribution in [0.3, 0.4) is 0 Å². The number of rotatable bonds is 6. The summed E-state index contributed by atoms with van der Waals surface area (Å²) in [6, 6.07) is 9.43. The Labute approximate surface area is 146 Å². The zero-order valence-corrected chi connectivity index (χ0v) is 14.2. The Kier molecular flexibility index (Phi) is 5.85. The Hall–Kier alpha value is -1.89. The van der Waals surface area contributed by atoms with Crippen LogP contribution in [0.25, 0.3) is 0 Å². The lowest BCUT2D eigenvalue weighted by atomic mass is 10.1. The number of morpholine rings is 1. The van der Waals surface area contributed by atoms with Gasteiger partial charge in [-0.1, -0.05) is 23.7 Å². The summed E-state index contributed by atoms with van der Waals surface area (Å²) in [4.78, 5) is 14.3. The fraction of sp³-hybridized carbons (Fsp3) is 0.412. The Morgan fingerprint density at radius 2 is 2.04 bits per heavy atom. The van der Waals surface area contributed by atoms with Crippen molar-refractivity contribution in [3.8, 4) is 0 Å². The highest BCUT2D eigenvalue weighted by atomic mass is 35.5. The number of hydrogen-bond acceptors (Lipinski definition) is 4. The normalized spacial score (nSPS) is 16.7. The molecule has 1 atom stereocenters. The third kappa shape index (κ3) is 4.56. The number of hydrogen-bond donors (Lipinski definition) is 1. The Bertz CT molecular complexity index is 639. The molecule has 0 spiro atoms. The predicted octanol–water partition coefficient (Wildman–Crippen LogP) is 1.57. The summed E-state index contributed by atoms with van der Waals surface area (Å²) in [7, 11) is 0. The monoisotopic (exact) mass is 348 g/mol. The molecule has 0 bridgehead atoms. The van der Waals surface area contributed by atoms with E-state index < -0.39 is 0 Å². The van der Waals surface area contributed by atoms with Crippen LogP contribution in [0, 0.1) is 0 Å². The average molecular weight is 349 g/mol. The maximum atomic E-state index is 12.2. The maximum absolute atomic E-state index is 12.2. The van der Waals surface area contributed by atoms with E-state index in [-0.39, 0.29) is 11.9 Å². The molecule has 1 aromatic carbocycles. The van der Waals surface area contributed by atoms with E-state index in [1.54, 1.807) is 6.20 Å². The second-order valence-corrected chi connectivity index (χ2v) is 6.18. The van der Waals surface area contributed by atoms with Gasteiger partial charge >= 0.3 is 0 Å². The topological polar surface area (TPSA) is 59.4 Å². The first-order valence-electron chi connectivity index (χ1n) is 8.04. The highest BCUT2D eigenvalue weighted by molar-refractivity contribution is 6.30. The first kappa shape index (κ1) is 17.0. The number of carbonyl (C=O) groups is 1. The average Bonchev–Trinajstić information content (AvgIpc) is 3.12. The third-order valence-corrected chi connectivity index (χ3v) is 4.31. The molecule has 2 heterocycles. The van der Waals surface area contributed by atoms with Gasteiger partial charge in [-0.25, -0.2) is 0 Å². The van der Waals surface area contributed by atoms with Crippen LogP contribution in [-0.2, 0) is 9.53 Å². The summed E-state index contributed by atoms with van der Waals surface area (Å²) in [5.74, 6) is 0.0167. The van der Waals surface area contributed by atoms with Crippen molar-refractivity contribution in [3.05, 3.63) is 53.3 Å². The molecule has 1 N–H and O–H groups in total. The van der Waals surface area contributed by atoms with Gasteiger partial charge in [-0.15, -0.1) is 0 Å². The molecule has 1 amide bonds. The van der Waals surface area contributed by atoms with E-state index in [1.807, 2.05) is 41.2 Å². The van der Waals surface area contributed by atoms with Crippen molar-refractivity contribution >= 4 is 17.5 Å². The largest absolute Gasteiger partial charge is 0.379 e. The number of aromatic nitrogens is 2. The van der Waals surface area contributed by atoms with Crippen LogP contribution in [0.4, 0.5) is 0 Å². The molecule has 6 nitrogen and oxygen atoms in total. The summed E-state index contributed by atoms with van der Waals surface area (Å²) in [5, 5.41) is 8.02. The van der Waals surface area contributed by atoms with Crippen LogP contribution in [0.15, 0.2) is 42.7 Å². The lowest BCUT2D eigenvalue weighted by Crippen LogP contribution is -2.44. The fourth-order valence-electron chi connectivity index (χ4n) is 2.74. The van der Waals surface area contributed by atoms with E-state index in [2.05, 4.69) is 15.3 Å². The van der Waals surface area contributed by atoms with E-state index in [9.17, 15) is 4.79 Å². The van der Waals surface area contributed by atoms with Crippen LogP contribution in [0.5, 0.6) is 0 Å². The van der Waals surface area contributed by atoms with Gasteiger partial charge in [-0.05, 0) is 23.8 Å². The molecule has 2 aromatic rings. The van der Waals surface area contributed by atoms with Gasteiger partial charge in [0, 0.05) is 37.1 Å². The van der Waals surface area contributed by atoms with Crippen molar-refractivity contribution in [1.29, 1.82) is 0 Å². The molecule has 7 heteroatoms. The number of halogens is 1. The number of amides is 1. The lowest BCUT2D eigenvalue weighted by molar-refractivity contribution is -0.123. The highest BCUT2D eigenvalue weighted by Gasteiger charge is 2.18. The number of nitrogens with one attached hydrogen (secondary N) is 1. The minimum Gasteiger partial charge on any atom is -0.379 e. The van der Waals surface area contributed by atoms with Crippen LogP contribution in [-0.4, -0.2) is 60.0 Å². The number of carbonyl (C=O) groups excluding carboxylic acids is 1. The van der Waals surface area contributed by atoms with Crippen LogP contribution in [0.2, 0.25) is 5.02 Å². The smallest absolute Gasteiger partial charge is 0.234 e. The second-order valence-electron chi connectivity index (χ2n) is 5.75. The van der Waals surface area contributed by atoms with Gasteiger partial charge in [0.25, 0.3) is 0 Å². The molecule has 1 aromatic heterocycles. The molecule has 0 unspecified atom stereocenters. The molecule has 1 aliphatic heterocycles. The Balaban J connectivity index is 1.62. The zero-order valence-electron chi connectivity index (χ0n) is 13.4. The van der Waals surface area contributed by atoms with E-state index in [0.717, 1.165) is 18.7 Å². The molecule has 1 aliphatic rings. The van der Waals surface area contributed by atoms with Gasteiger partial charge in [-0.2, -0.15) is 5.10 Å². The van der Waals surface area contributed by atoms with E-state index in [0.29, 0.717) is 31.3 Å².